The second kappa shape index (κ2) is 7.46. The second-order valence-corrected chi connectivity index (χ2v) is 7.43. The zero-order chi connectivity index (χ0) is 17.7. The van der Waals surface area contributed by atoms with Gasteiger partial charge in [0.1, 0.15) is 5.75 Å². The number of hydrogen-bond donors (Lipinski definition) is 1. The number of hydrogen-bond acceptors (Lipinski definition) is 4. The molecule has 0 aliphatic heterocycles. The third-order valence-electron chi connectivity index (χ3n) is 3.52. The van der Waals surface area contributed by atoms with Crippen LogP contribution in [0.1, 0.15) is 15.9 Å². The van der Waals surface area contributed by atoms with E-state index in [1.54, 1.807) is 49.6 Å². The molecule has 2 aromatic rings. The average Bonchev–Trinajstić information content (AvgIpc) is 2.59. The summed E-state index contributed by atoms with van der Waals surface area (Å²) in [5.74, 6) is 0.378. The molecule has 0 heterocycles. The van der Waals surface area contributed by atoms with Crippen molar-refractivity contribution in [2.45, 2.75) is 11.4 Å². The number of rotatable bonds is 6. The lowest BCUT2D eigenvalue weighted by Crippen LogP contribution is -2.27. The Morgan fingerprint density at radius 3 is 2.29 bits per heavy atom. The van der Waals surface area contributed by atoms with Gasteiger partial charge in [-0.05, 0) is 35.9 Å². The highest BCUT2D eigenvalue weighted by Gasteiger charge is 2.20. The Morgan fingerprint density at radius 1 is 1.08 bits per heavy atom. The van der Waals surface area contributed by atoms with Crippen LogP contribution < -0.4 is 10.1 Å². The third kappa shape index (κ3) is 3.93. The van der Waals surface area contributed by atoms with Gasteiger partial charge in [0.05, 0.1) is 12.0 Å². The molecule has 0 fully saturated rings. The highest BCUT2D eigenvalue weighted by atomic mass is 32.2. The van der Waals surface area contributed by atoms with Gasteiger partial charge in [0.15, 0.2) is 0 Å². The average molecular weight is 348 g/mol. The lowest BCUT2D eigenvalue weighted by Gasteiger charge is -2.15. The number of amides is 1. The number of benzene rings is 2. The number of nitrogens with one attached hydrogen (secondary N) is 1. The number of carbonyl (C=O) groups excluding carboxylic acids is 1. The van der Waals surface area contributed by atoms with Crippen molar-refractivity contribution in [3.8, 4) is 5.75 Å². The first-order valence-corrected chi connectivity index (χ1v) is 8.73. The fourth-order valence-corrected chi connectivity index (χ4v) is 3.23. The summed E-state index contributed by atoms with van der Waals surface area (Å²) >= 11 is 0. The van der Waals surface area contributed by atoms with Crippen LogP contribution in [0.15, 0.2) is 53.4 Å². The molecule has 7 heteroatoms. The van der Waals surface area contributed by atoms with Crippen LogP contribution in [0.2, 0.25) is 0 Å². The summed E-state index contributed by atoms with van der Waals surface area (Å²) in [5.41, 5.74) is 1.01. The van der Waals surface area contributed by atoms with Crippen molar-refractivity contribution in [2.24, 2.45) is 0 Å². The summed E-state index contributed by atoms with van der Waals surface area (Å²) in [4.78, 5) is 12.4. The maximum atomic E-state index is 12.3. The lowest BCUT2D eigenvalue weighted by molar-refractivity contribution is 0.0950. The minimum absolute atomic E-state index is 0.119. The largest absolute Gasteiger partial charge is 0.497 e. The molecular weight excluding hydrogens is 328 g/mol. The molecule has 0 aromatic heterocycles. The molecule has 0 spiro atoms. The topological polar surface area (TPSA) is 75.7 Å². The number of ether oxygens (including phenoxy) is 1. The van der Waals surface area contributed by atoms with E-state index in [9.17, 15) is 13.2 Å². The number of sulfonamides is 1. The Balaban J connectivity index is 2.16. The predicted molar refractivity (Wildman–Crippen MR) is 91.5 cm³/mol. The van der Waals surface area contributed by atoms with Gasteiger partial charge < -0.3 is 10.1 Å². The molecule has 6 nitrogen and oxygen atoms in total. The molecule has 2 rings (SSSR count). The second-order valence-electron chi connectivity index (χ2n) is 5.31. The van der Waals surface area contributed by atoms with Crippen LogP contribution in [0.3, 0.4) is 0 Å². The van der Waals surface area contributed by atoms with Crippen LogP contribution in [0.25, 0.3) is 0 Å². The fraction of sp³-hybridized carbons (Fsp3) is 0.235. The van der Waals surface area contributed by atoms with Gasteiger partial charge in [0.2, 0.25) is 10.0 Å². The van der Waals surface area contributed by atoms with Gasteiger partial charge >= 0.3 is 0 Å². The van der Waals surface area contributed by atoms with E-state index in [4.69, 9.17) is 4.74 Å². The molecule has 0 radical (unpaired) electrons. The van der Waals surface area contributed by atoms with E-state index >= 15 is 0 Å². The molecular formula is C17H20N2O4S. The first kappa shape index (κ1) is 18.0. The van der Waals surface area contributed by atoms with E-state index in [-0.39, 0.29) is 17.3 Å². The molecule has 0 saturated carbocycles. The van der Waals surface area contributed by atoms with Crippen LogP contribution in [0, 0.1) is 0 Å². The van der Waals surface area contributed by atoms with Gasteiger partial charge in [-0.25, -0.2) is 12.7 Å². The molecule has 0 aliphatic carbocycles. The minimum Gasteiger partial charge on any atom is -0.497 e. The molecule has 24 heavy (non-hydrogen) atoms. The molecule has 0 bridgehead atoms. The van der Waals surface area contributed by atoms with Crippen LogP contribution in [-0.4, -0.2) is 39.8 Å². The van der Waals surface area contributed by atoms with Gasteiger partial charge in [-0.1, -0.05) is 18.2 Å². The highest BCUT2D eigenvalue weighted by Crippen LogP contribution is 2.18. The van der Waals surface area contributed by atoms with Crippen molar-refractivity contribution >= 4 is 15.9 Å². The van der Waals surface area contributed by atoms with Crippen molar-refractivity contribution in [2.75, 3.05) is 21.2 Å². The van der Waals surface area contributed by atoms with E-state index in [0.717, 1.165) is 4.31 Å². The Kier molecular flexibility index (Phi) is 5.58. The van der Waals surface area contributed by atoms with E-state index < -0.39 is 10.0 Å². The Labute approximate surface area is 142 Å². The molecule has 0 unspecified atom stereocenters. The molecule has 0 saturated heterocycles. The fourth-order valence-electron chi connectivity index (χ4n) is 2.12. The SMILES string of the molecule is COc1ccc(C(=O)NCc2ccccc2S(=O)(=O)N(C)C)cc1. The Bertz CT molecular complexity index is 815. The monoisotopic (exact) mass is 348 g/mol. The van der Waals surface area contributed by atoms with Gasteiger partial charge in [0.25, 0.3) is 5.91 Å². The Hall–Kier alpha value is -2.38. The zero-order valence-corrected chi connectivity index (χ0v) is 14.6. The van der Waals surface area contributed by atoms with E-state index in [1.807, 2.05) is 0 Å². The molecule has 0 aliphatic rings. The van der Waals surface area contributed by atoms with Crippen LogP contribution >= 0.6 is 0 Å². The van der Waals surface area contributed by atoms with Crippen molar-refractivity contribution in [3.05, 3.63) is 59.7 Å². The van der Waals surface area contributed by atoms with E-state index in [0.29, 0.717) is 16.9 Å². The predicted octanol–water partition coefficient (Wildman–Crippen LogP) is 1.88. The van der Waals surface area contributed by atoms with E-state index in [1.165, 1.54) is 20.2 Å². The van der Waals surface area contributed by atoms with Crippen LogP contribution in [-0.2, 0) is 16.6 Å². The van der Waals surface area contributed by atoms with Crippen molar-refractivity contribution in [1.29, 1.82) is 0 Å². The van der Waals surface area contributed by atoms with Crippen molar-refractivity contribution in [3.63, 3.8) is 0 Å². The first-order chi connectivity index (χ1) is 11.4. The van der Waals surface area contributed by atoms with Gasteiger partial charge in [-0.15, -0.1) is 0 Å². The van der Waals surface area contributed by atoms with Crippen molar-refractivity contribution in [1.82, 2.24) is 9.62 Å². The normalized spacial score (nSPS) is 11.3. The van der Waals surface area contributed by atoms with Gasteiger partial charge in [0, 0.05) is 26.2 Å². The molecule has 0 atom stereocenters. The zero-order valence-electron chi connectivity index (χ0n) is 13.8. The smallest absolute Gasteiger partial charge is 0.251 e. The lowest BCUT2D eigenvalue weighted by atomic mass is 10.2. The van der Waals surface area contributed by atoms with Crippen LogP contribution in [0.4, 0.5) is 0 Å². The first-order valence-electron chi connectivity index (χ1n) is 7.29. The molecule has 2 aromatic carbocycles. The third-order valence-corrected chi connectivity index (χ3v) is 5.44. The summed E-state index contributed by atoms with van der Waals surface area (Å²) < 4.78 is 30.9. The maximum Gasteiger partial charge on any atom is 0.251 e. The molecule has 128 valence electrons. The Morgan fingerprint density at radius 2 is 1.71 bits per heavy atom. The number of methoxy groups -OCH3 is 1. The summed E-state index contributed by atoms with van der Waals surface area (Å²) in [7, 11) is 0.938. The van der Waals surface area contributed by atoms with Crippen molar-refractivity contribution < 1.29 is 17.9 Å². The summed E-state index contributed by atoms with van der Waals surface area (Å²) in [6, 6.07) is 13.3. The van der Waals surface area contributed by atoms with E-state index in [2.05, 4.69) is 5.32 Å². The summed E-state index contributed by atoms with van der Waals surface area (Å²) in [5, 5.41) is 2.74. The minimum atomic E-state index is -3.56. The standard InChI is InChI=1S/C17H20N2O4S/c1-19(2)24(21,22)16-7-5-4-6-14(16)12-18-17(20)13-8-10-15(23-3)11-9-13/h4-11H,12H2,1-3H3,(H,18,20). The number of carbonyl (C=O) groups is 1. The number of nitrogens with zero attached hydrogens (tertiary/aromatic N) is 1. The highest BCUT2D eigenvalue weighted by molar-refractivity contribution is 7.89. The quantitative estimate of drug-likeness (QED) is 0.865. The summed E-state index contributed by atoms with van der Waals surface area (Å²) in [6.45, 7) is 0.119. The van der Waals surface area contributed by atoms with Gasteiger partial charge in [-0.2, -0.15) is 0 Å². The van der Waals surface area contributed by atoms with Gasteiger partial charge in [-0.3, -0.25) is 4.79 Å². The summed E-state index contributed by atoms with van der Waals surface area (Å²) in [6.07, 6.45) is 0. The maximum absolute atomic E-state index is 12.3. The molecule has 1 N–H and O–H groups in total. The van der Waals surface area contributed by atoms with Crippen LogP contribution in [0.5, 0.6) is 5.75 Å². The molecule has 1 amide bonds.